The third kappa shape index (κ3) is 4.69. The number of Topliss-reactive ketones (excluding diaryl/α,β-unsaturated/α-hetero) is 1. The van der Waals surface area contributed by atoms with Crippen molar-refractivity contribution in [2.75, 3.05) is 13.4 Å². The molecule has 0 saturated heterocycles. The predicted octanol–water partition coefficient (Wildman–Crippen LogP) is 3.18. The van der Waals surface area contributed by atoms with Gasteiger partial charge in [-0.05, 0) is 30.3 Å². The van der Waals surface area contributed by atoms with E-state index in [2.05, 4.69) is 5.32 Å². The van der Waals surface area contributed by atoms with Crippen LogP contribution in [-0.4, -0.2) is 31.1 Å². The summed E-state index contributed by atoms with van der Waals surface area (Å²) in [5.41, 5.74) is -0.187. The number of carbonyl (C=O) groups is 3. The van der Waals surface area contributed by atoms with Crippen LogP contribution in [0.4, 0.5) is 0 Å². The van der Waals surface area contributed by atoms with Gasteiger partial charge in [0.25, 0.3) is 0 Å². The van der Waals surface area contributed by atoms with Crippen molar-refractivity contribution in [3.63, 3.8) is 0 Å². The third-order valence-electron chi connectivity index (χ3n) is 3.98. The molecule has 8 heteroatoms. The minimum atomic E-state index is -0.610. The molecule has 0 spiro atoms. The Morgan fingerprint density at radius 3 is 2.61 bits per heavy atom. The minimum absolute atomic E-state index is 0.0635. The summed E-state index contributed by atoms with van der Waals surface area (Å²) in [6.07, 6.45) is 0. The molecule has 0 fully saturated rings. The molecule has 0 atom stereocenters. The lowest BCUT2D eigenvalue weighted by atomic mass is 9.96. The van der Waals surface area contributed by atoms with Crippen LogP contribution in [0.15, 0.2) is 30.3 Å². The second-order valence-electron chi connectivity index (χ2n) is 7.27. The van der Waals surface area contributed by atoms with Crippen molar-refractivity contribution in [1.29, 1.82) is 0 Å². The van der Waals surface area contributed by atoms with E-state index >= 15 is 0 Å². The molecule has 3 rings (SSSR count). The van der Waals surface area contributed by atoms with E-state index in [-0.39, 0.29) is 30.7 Å². The Bertz CT molecular complexity index is 912. The number of hydrogen-bond acceptors (Lipinski definition) is 7. The standard InChI is InChI=1S/C20H21NO6S/c1-20(2,3)19(24)21-9-13-5-7-17(28-13)14(22)10-25-18(23)12-4-6-15-16(8-12)27-11-26-15/h4-8H,9-11H2,1-3H3,(H,21,24). The van der Waals surface area contributed by atoms with Crippen LogP contribution in [0.2, 0.25) is 0 Å². The van der Waals surface area contributed by atoms with Gasteiger partial charge in [0.05, 0.1) is 17.0 Å². The molecular weight excluding hydrogens is 382 g/mol. The highest BCUT2D eigenvalue weighted by Crippen LogP contribution is 2.32. The van der Waals surface area contributed by atoms with Gasteiger partial charge < -0.3 is 19.5 Å². The number of amides is 1. The van der Waals surface area contributed by atoms with Gasteiger partial charge in [-0.25, -0.2) is 4.79 Å². The molecule has 0 aliphatic carbocycles. The summed E-state index contributed by atoms with van der Waals surface area (Å²) in [7, 11) is 0. The fraction of sp³-hybridized carbons (Fsp3) is 0.350. The summed E-state index contributed by atoms with van der Waals surface area (Å²) < 4.78 is 15.5. The molecule has 28 heavy (non-hydrogen) atoms. The Morgan fingerprint density at radius 1 is 1.11 bits per heavy atom. The van der Waals surface area contributed by atoms with Crippen molar-refractivity contribution in [3.8, 4) is 11.5 Å². The fourth-order valence-corrected chi connectivity index (χ4v) is 3.24. The van der Waals surface area contributed by atoms with E-state index in [4.69, 9.17) is 14.2 Å². The predicted molar refractivity (Wildman–Crippen MR) is 103 cm³/mol. The highest BCUT2D eigenvalue weighted by molar-refractivity contribution is 7.14. The zero-order valence-corrected chi connectivity index (χ0v) is 16.7. The summed E-state index contributed by atoms with van der Waals surface area (Å²) >= 11 is 1.27. The molecule has 1 amide bonds. The molecule has 2 aromatic rings. The molecule has 0 unspecified atom stereocenters. The first-order valence-corrected chi connectivity index (χ1v) is 9.52. The van der Waals surface area contributed by atoms with E-state index in [1.54, 1.807) is 24.3 Å². The van der Waals surface area contributed by atoms with Gasteiger partial charge in [-0.1, -0.05) is 20.8 Å². The SMILES string of the molecule is CC(C)(C)C(=O)NCc1ccc(C(=O)COC(=O)c2ccc3c(c2)OCO3)s1. The first-order valence-electron chi connectivity index (χ1n) is 8.71. The number of carbonyl (C=O) groups excluding carboxylic acids is 3. The highest BCUT2D eigenvalue weighted by atomic mass is 32.1. The Balaban J connectivity index is 1.52. The lowest BCUT2D eigenvalue weighted by molar-refractivity contribution is -0.128. The summed E-state index contributed by atoms with van der Waals surface area (Å²) in [4.78, 5) is 37.7. The largest absolute Gasteiger partial charge is 0.454 e. The van der Waals surface area contributed by atoms with Crippen LogP contribution in [0, 0.1) is 5.41 Å². The van der Waals surface area contributed by atoms with Crippen LogP contribution in [0.1, 0.15) is 45.7 Å². The molecule has 0 radical (unpaired) electrons. The number of ether oxygens (including phenoxy) is 3. The summed E-state index contributed by atoms with van der Waals surface area (Å²) in [6, 6.07) is 8.15. The Hall–Kier alpha value is -2.87. The van der Waals surface area contributed by atoms with Gasteiger partial charge in [-0.3, -0.25) is 9.59 Å². The summed E-state index contributed by atoms with van der Waals surface area (Å²) in [5.74, 6) is 0.0677. The number of benzene rings is 1. The number of rotatable bonds is 6. The molecule has 148 valence electrons. The second-order valence-corrected chi connectivity index (χ2v) is 8.43. The zero-order valence-electron chi connectivity index (χ0n) is 15.9. The summed E-state index contributed by atoms with van der Waals surface area (Å²) in [5, 5.41) is 2.84. The zero-order chi connectivity index (χ0) is 20.3. The van der Waals surface area contributed by atoms with Crippen molar-refractivity contribution in [2.24, 2.45) is 5.41 Å². The molecule has 2 heterocycles. The molecule has 0 saturated carbocycles. The van der Waals surface area contributed by atoms with Crippen LogP contribution < -0.4 is 14.8 Å². The van der Waals surface area contributed by atoms with Gasteiger partial charge in [0, 0.05) is 10.3 Å². The fourth-order valence-electron chi connectivity index (χ4n) is 2.36. The van der Waals surface area contributed by atoms with Crippen molar-refractivity contribution in [1.82, 2.24) is 5.32 Å². The van der Waals surface area contributed by atoms with Crippen molar-refractivity contribution in [3.05, 3.63) is 45.6 Å². The van der Waals surface area contributed by atoms with Gasteiger partial charge in [0.1, 0.15) is 0 Å². The number of hydrogen-bond donors (Lipinski definition) is 1. The molecule has 1 N–H and O–H groups in total. The summed E-state index contributed by atoms with van der Waals surface area (Å²) in [6.45, 7) is 5.61. The maximum atomic E-state index is 12.3. The lowest BCUT2D eigenvalue weighted by Crippen LogP contribution is -2.34. The number of thiophene rings is 1. The molecule has 1 aliphatic rings. The van der Waals surface area contributed by atoms with Gasteiger partial charge in [-0.15, -0.1) is 11.3 Å². The van der Waals surface area contributed by atoms with E-state index in [9.17, 15) is 14.4 Å². The monoisotopic (exact) mass is 403 g/mol. The van der Waals surface area contributed by atoms with E-state index in [0.717, 1.165) is 4.88 Å². The highest BCUT2D eigenvalue weighted by Gasteiger charge is 2.21. The number of fused-ring (bicyclic) bond motifs is 1. The first-order chi connectivity index (χ1) is 13.2. The van der Waals surface area contributed by atoms with E-state index < -0.39 is 11.4 Å². The van der Waals surface area contributed by atoms with Crippen LogP contribution in [0.25, 0.3) is 0 Å². The number of esters is 1. The maximum Gasteiger partial charge on any atom is 0.338 e. The van der Waals surface area contributed by atoms with Gasteiger partial charge in [-0.2, -0.15) is 0 Å². The van der Waals surface area contributed by atoms with Crippen LogP contribution in [0.5, 0.6) is 11.5 Å². The minimum Gasteiger partial charge on any atom is -0.454 e. The first kappa shape index (κ1) is 19.9. The van der Waals surface area contributed by atoms with Crippen LogP contribution in [0.3, 0.4) is 0 Å². The van der Waals surface area contributed by atoms with Gasteiger partial charge >= 0.3 is 5.97 Å². The normalized spacial score (nSPS) is 12.5. The molecule has 0 bridgehead atoms. The van der Waals surface area contributed by atoms with Crippen molar-refractivity contribution in [2.45, 2.75) is 27.3 Å². The van der Waals surface area contributed by atoms with Crippen molar-refractivity contribution >= 4 is 29.0 Å². The van der Waals surface area contributed by atoms with Gasteiger partial charge in [0.15, 0.2) is 18.1 Å². The molecular formula is C20H21NO6S. The lowest BCUT2D eigenvalue weighted by Gasteiger charge is -2.17. The average Bonchev–Trinajstić information content (AvgIpc) is 3.31. The quantitative estimate of drug-likeness (QED) is 0.588. The van der Waals surface area contributed by atoms with Crippen LogP contribution in [-0.2, 0) is 16.1 Å². The van der Waals surface area contributed by atoms with Crippen molar-refractivity contribution < 1.29 is 28.6 Å². The Kier molecular flexibility index (Phi) is 5.69. The topological polar surface area (TPSA) is 90.9 Å². The Morgan fingerprint density at radius 2 is 1.86 bits per heavy atom. The molecule has 1 aromatic carbocycles. The number of nitrogens with one attached hydrogen (secondary N) is 1. The van der Waals surface area contributed by atoms with E-state index in [1.807, 2.05) is 20.8 Å². The smallest absolute Gasteiger partial charge is 0.338 e. The maximum absolute atomic E-state index is 12.3. The average molecular weight is 403 g/mol. The number of ketones is 1. The van der Waals surface area contributed by atoms with Crippen LogP contribution >= 0.6 is 11.3 Å². The van der Waals surface area contributed by atoms with E-state index in [0.29, 0.717) is 22.9 Å². The molecule has 1 aliphatic heterocycles. The third-order valence-corrected chi connectivity index (χ3v) is 5.11. The Labute approximate surface area is 166 Å². The second kappa shape index (κ2) is 8.02. The molecule has 7 nitrogen and oxygen atoms in total. The molecule has 1 aromatic heterocycles. The van der Waals surface area contributed by atoms with Gasteiger partial charge in [0.2, 0.25) is 18.5 Å². The van der Waals surface area contributed by atoms with E-state index in [1.165, 1.54) is 17.4 Å².